The average Bonchev–Trinajstić information content (AvgIpc) is 2.69. The van der Waals surface area contributed by atoms with Crippen LogP contribution in [0, 0.1) is 6.92 Å². The quantitative estimate of drug-likeness (QED) is 0.814. The molecule has 0 saturated carbocycles. The van der Waals surface area contributed by atoms with Crippen molar-refractivity contribution in [3.05, 3.63) is 46.1 Å². The van der Waals surface area contributed by atoms with Gasteiger partial charge in [0.05, 0.1) is 5.56 Å². The first kappa shape index (κ1) is 11.4. The fraction of sp³-hybridized carbons (Fsp3) is 0.214. The normalized spacial score (nSPS) is 14.2. The maximum absolute atomic E-state index is 11.9. The molecule has 1 amide bonds. The molecule has 2 N–H and O–H groups in total. The zero-order valence-corrected chi connectivity index (χ0v) is 10.8. The number of amides is 1. The highest BCUT2D eigenvalue weighted by molar-refractivity contribution is 6.30. The number of hydrogen-bond donors (Lipinski definition) is 2. The predicted octanol–water partition coefficient (Wildman–Crippen LogP) is 2.93. The SMILES string of the molecule is Cc1c(-c2ccc(Cl)cc2)[nH]c2c1C(=O)NCC2. The van der Waals surface area contributed by atoms with E-state index in [1.54, 1.807) is 0 Å². The first-order valence-electron chi connectivity index (χ1n) is 5.92. The van der Waals surface area contributed by atoms with Crippen molar-refractivity contribution in [1.29, 1.82) is 0 Å². The number of aromatic nitrogens is 1. The van der Waals surface area contributed by atoms with Gasteiger partial charge in [0.15, 0.2) is 0 Å². The van der Waals surface area contributed by atoms with Crippen molar-refractivity contribution in [3.8, 4) is 11.3 Å². The van der Waals surface area contributed by atoms with Crippen molar-refractivity contribution in [1.82, 2.24) is 10.3 Å². The largest absolute Gasteiger partial charge is 0.357 e. The van der Waals surface area contributed by atoms with Gasteiger partial charge < -0.3 is 10.3 Å². The van der Waals surface area contributed by atoms with E-state index in [2.05, 4.69) is 10.3 Å². The van der Waals surface area contributed by atoms with E-state index < -0.39 is 0 Å². The standard InChI is InChI=1S/C14H13ClN2O/c1-8-12-11(6-7-16-14(12)18)17-13(8)9-2-4-10(15)5-3-9/h2-5,17H,6-7H2,1H3,(H,16,18). The van der Waals surface area contributed by atoms with E-state index in [4.69, 9.17) is 11.6 Å². The summed E-state index contributed by atoms with van der Waals surface area (Å²) in [6, 6.07) is 7.64. The maximum atomic E-state index is 11.9. The molecular weight excluding hydrogens is 248 g/mol. The molecule has 0 aliphatic carbocycles. The van der Waals surface area contributed by atoms with Crippen LogP contribution in [0.2, 0.25) is 5.02 Å². The molecule has 1 aromatic heterocycles. The van der Waals surface area contributed by atoms with Crippen LogP contribution in [-0.4, -0.2) is 17.4 Å². The molecule has 3 nitrogen and oxygen atoms in total. The Hall–Kier alpha value is -1.74. The van der Waals surface area contributed by atoms with Crippen molar-refractivity contribution in [2.45, 2.75) is 13.3 Å². The fourth-order valence-electron chi connectivity index (χ4n) is 2.45. The van der Waals surface area contributed by atoms with E-state index in [1.807, 2.05) is 31.2 Å². The van der Waals surface area contributed by atoms with Gasteiger partial charge in [-0.05, 0) is 30.2 Å². The Bertz CT molecular complexity index is 613. The minimum absolute atomic E-state index is 0.0187. The number of aromatic amines is 1. The third-order valence-electron chi connectivity index (χ3n) is 3.35. The molecule has 2 aromatic rings. The lowest BCUT2D eigenvalue weighted by Gasteiger charge is -2.12. The number of nitrogens with one attached hydrogen (secondary N) is 2. The van der Waals surface area contributed by atoms with E-state index in [0.29, 0.717) is 11.6 Å². The first-order chi connectivity index (χ1) is 8.66. The molecule has 0 radical (unpaired) electrons. The van der Waals surface area contributed by atoms with Gasteiger partial charge in [0.1, 0.15) is 0 Å². The molecule has 92 valence electrons. The van der Waals surface area contributed by atoms with Crippen molar-refractivity contribution in [2.75, 3.05) is 6.54 Å². The van der Waals surface area contributed by atoms with Gasteiger partial charge in [-0.3, -0.25) is 4.79 Å². The van der Waals surface area contributed by atoms with Crippen LogP contribution in [0.1, 0.15) is 21.6 Å². The highest BCUT2D eigenvalue weighted by Crippen LogP contribution is 2.29. The minimum atomic E-state index is 0.0187. The summed E-state index contributed by atoms with van der Waals surface area (Å²) in [4.78, 5) is 15.2. The minimum Gasteiger partial charge on any atom is -0.357 e. The number of H-pyrrole nitrogens is 1. The Morgan fingerprint density at radius 3 is 2.61 bits per heavy atom. The topological polar surface area (TPSA) is 44.9 Å². The van der Waals surface area contributed by atoms with Crippen LogP contribution in [0.3, 0.4) is 0 Å². The Labute approximate surface area is 110 Å². The second kappa shape index (κ2) is 4.18. The molecule has 0 unspecified atom stereocenters. The lowest BCUT2D eigenvalue weighted by Crippen LogP contribution is -2.31. The molecule has 1 aliphatic heterocycles. The predicted molar refractivity (Wildman–Crippen MR) is 72.0 cm³/mol. The molecule has 3 rings (SSSR count). The molecule has 4 heteroatoms. The van der Waals surface area contributed by atoms with Gasteiger partial charge in [0.2, 0.25) is 0 Å². The van der Waals surface area contributed by atoms with Crippen LogP contribution in [0.5, 0.6) is 0 Å². The highest BCUT2D eigenvalue weighted by Gasteiger charge is 2.23. The third-order valence-corrected chi connectivity index (χ3v) is 3.60. The van der Waals surface area contributed by atoms with Crippen LogP contribution in [0.15, 0.2) is 24.3 Å². The molecule has 0 spiro atoms. The van der Waals surface area contributed by atoms with Gasteiger partial charge in [0.25, 0.3) is 5.91 Å². The first-order valence-corrected chi connectivity index (χ1v) is 6.30. The lowest BCUT2D eigenvalue weighted by molar-refractivity contribution is 0.0945. The number of carbonyl (C=O) groups excluding carboxylic acids is 1. The Morgan fingerprint density at radius 1 is 1.22 bits per heavy atom. The number of halogens is 1. The lowest BCUT2D eigenvalue weighted by atomic mass is 10.0. The molecule has 2 heterocycles. The van der Waals surface area contributed by atoms with E-state index in [9.17, 15) is 4.79 Å². The smallest absolute Gasteiger partial charge is 0.253 e. The summed E-state index contributed by atoms with van der Waals surface area (Å²) in [5, 5.41) is 3.59. The summed E-state index contributed by atoms with van der Waals surface area (Å²) in [6.07, 6.45) is 0.857. The summed E-state index contributed by atoms with van der Waals surface area (Å²) in [6.45, 7) is 2.68. The Morgan fingerprint density at radius 2 is 1.94 bits per heavy atom. The zero-order chi connectivity index (χ0) is 12.7. The third kappa shape index (κ3) is 1.71. The van der Waals surface area contributed by atoms with Gasteiger partial charge in [-0.25, -0.2) is 0 Å². The average molecular weight is 261 g/mol. The van der Waals surface area contributed by atoms with E-state index >= 15 is 0 Å². The summed E-state index contributed by atoms with van der Waals surface area (Å²) >= 11 is 5.89. The molecule has 1 aliphatic rings. The number of carbonyl (C=O) groups is 1. The zero-order valence-electron chi connectivity index (χ0n) is 10.0. The van der Waals surface area contributed by atoms with Gasteiger partial charge >= 0.3 is 0 Å². The summed E-state index contributed by atoms with van der Waals surface area (Å²) in [5.41, 5.74) is 4.89. The van der Waals surface area contributed by atoms with Crippen molar-refractivity contribution < 1.29 is 4.79 Å². The highest BCUT2D eigenvalue weighted by atomic mass is 35.5. The van der Waals surface area contributed by atoms with Gasteiger partial charge in [-0.15, -0.1) is 0 Å². The van der Waals surface area contributed by atoms with Crippen LogP contribution >= 0.6 is 11.6 Å². The Balaban J connectivity index is 2.14. The molecule has 0 fully saturated rings. The van der Waals surface area contributed by atoms with Gasteiger partial charge in [-0.2, -0.15) is 0 Å². The second-order valence-corrected chi connectivity index (χ2v) is 4.93. The molecule has 0 bridgehead atoms. The molecule has 0 saturated heterocycles. The van der Waals surface area contributed by atoms with Crippen molar-refractivity contribution >= 4 is 17.5 Å². The van der Waals surface area contributed by atoms with Gasteiger partial charge in [-0.1, -0.05) is 23.7 Å². The van der Waals surface area contributed by atoms with Crippen molar-refractivity contribution in [3.63, 3.8) is 0 Å². The second-order valence-electron chi connectivity index (χ2n) is 4.49. The summed E-state index contributed by atoms with van der Waals surface area (Å²) in [7, 11) is 0. The van der Waals surface area contributed by atoms with E-state index in [0.717, 1.165) is 34.5 Å². The molecular formula is C14H13ClN2O. The summed E-state index contributed by atoms with van der Waals surface area (Å²) in [5.74, 6) is 0.0187. The van der Waals surface area contributed by atoms with Crippen molar-refractivity contribution in [2.24, 2.45) is 0 Å². The Kier molecular flexibility index (Phi) is 2.63. The van der Waals surface area contributed by atoms with Crippen LogP contribution < -0.4 is 5.32 Å². The van der Waals surface area contributed by atoms with E-state index in [1.165, 1.54) is 0 Å². The summed E-state index contributed by atoms with van der Waals surface area (Å²) < 4.78 is 0. The molecule has 18 heavy (non-hydrogen) atoms. The van der Waals surface area contributed by atoms with Crippen LogP contribution in [-0.2, 0) is 6.42 Å². The monoisotopic (exact) mass is 260 g/mol. The number of hydrogen-bond acceptors (Lipinski definition) is 1. The molecule has 1 aromatic carbocycles. The number of rotatable bonds is 1. The number of benzene rings is 1. The fourth-order valence-corrected chi connectivity index (χ4v) is 2.57. The maximum Gasteiger partial charge on any atom is 0.253 e. The number of fused-ring (bicyclic) bond motifs is 1. The van der Waals surface area contributed by atoms with Crippen LogP contribution in [0.25, 0.3) is 11.3 Å². The molecule has 0 atom stereocenters. The van der Waals surface area contributed by atoms with Gasteiger partial charge in [0, 0.05) is 29.4 Å². The van der Waals surface area contributed by atoms with Crippen LogP contribution in [0.4, 0.5) is 0 Å². The van der Waals surface area contributed by atoms with E-state index in [-0.39, 0.29) is 5.91 Å².